The maximum atomic E-state index is 14.0. The highest BCUT2D eigenvalue weighted by Gasteiger charge is 2.56. The number of carbonyl (C=O) groups is 4. The van der Waals surface area contributed by atoms with E-state index in [1.54, 1.807) is 19.2 Å². The molecule has 3 aromatic carbocycles. The molecule has 44 heavy (non-hydrogen) atoms. The van der Waals surface area contributed by atoms with Gasteiger partial charge in [0, 0.05) is 22.9 Å². The van der Waals surface area contributed by atoms with Gasteiger partial charge in [0.1, 0.15) is 46.2 Å². The SMILES string of the molecule is CC(=O)c1c(O)c(C)c(O)c2c1OC1=CC(=O)/C(=C(/C)NCc3cn(CC(=O)c4ccc5ccccc5c4)nn3)C(=O)C12C. The molecule has 3 N–H and O–H groups in total. The lowest BCUT2D eigenvalue weighted by molar-refractivity contribution is -0.123. The predicted octanol–water partition coefficient (Wildman–Crippen LogP) is 3.99. The molecular formula is C33H28N4O7. The monoisotopic (exact) mass is 592 g/mol. The van der Waals surface area contributed by atoms with Gasteiger partial charge in [-0.3, -0.25) is 19.2 Å². The van der Waals surface area contributed by atoms with Crippen molar-refractivity contribution in [3.8, 4) is 17.2 Å². The van der Waals surface area contributed by atoms with E-state index < -0.39 is 34.3 Å². The first-order chi connectivity index (χ1) is 20.9. The summed E-state index contributed by atoms with van der Waals surface area (Å²) in [6.07, 6.45) is 2.76. The smallest absolute Gasteiger partial charge is 0.194 e. The van der Waals surface area contributed by atoms with Gasteiger partial charge in [0.2, 0.25) is 0 Å². The average molecular weight is 593 g/mol. The van der Waals surface area contributed by atoms with E-state index in [1.165, 1.54) is 25.5 Å². The minimum Gasteiger partial charge on any atom is -0.507 e. The lowest BCUT2D eigenvalue weighted by atomic mass is 9.70. The minimum atomic E-state index is -1.61. The number of ether oxygens (including phenoxy) is 1. The van der Waals surface area contributed by atoms with Crippen LogP contribution in [0.1, 0.15) is 58.3 Å². The van der Waals surface area contributed by atoms with Crippen molar-refractivity contribution >= 4 is 33.9 Å². The molecule has 1 unspecified atom stereocenters. The zero-order chi connectivity index (χ0) is 31.5. The first-order valence-electron chi connectivity index (χ1n) is 13.9. The molecule has 1 aliphatic heterocycles. The Kier molecular flexibility index (Phi) is 6.68. The molecule has 11 nitrogen and oxygen atoms in total. The largest absolute Gasteiger partial charge is 0.507 e. The highest BCUT2D eigenvalue weighted by atomic mass is 16.5. The van der Waals surface area contributed by atoms with Crippen LogP contribution in [0.3, 0.4) is 0 Å². The standard InChI is InChI=1S/C33H28N4O7/c1-16-29(41)27(18(3)38)31-28(30(16)42)33(4)25(44-31)12-23(39)26(32(33)43)17(2)34-13-22-14-37(36-35-22)15-24(40)21-10-9-19-7-5-6-8-20(19)11-21/h5-12,14,34,41-42H,13,15H2,1-4H3/b26-17+. The van der Waals surface area contributed by atoms with Gasteiger partial charge >= 0.3 is 0 Å². The number of phenolic OH excluding ortho intramolecular Hbond substituents is 2. The number of nitrogens with zero attached hydrogens (tertiary/aromatic N) is 3. The zero-order valence-corrected chi connectivity index (χ0v) is 24.4. The van der Waals surface area contributed by atoms with E-state index in [-0.39, 0.29) is 58.3 Å². The third kappa shape index (κ3) is 4.36. The average Bonchev–Trinajstić information content (AvgIpc) is 3.56. The van der Waals surface area contributed by atoms with Crippen LogP contribution in [-0.4, -0.2) is 48.3 Å². The van der Waals surface area contributed by atoms with Crippen LogP contribution >= 0.6 is 0 Å². The lowest BCUT2D eigenvalue weighted by Crippen LogP contribution is -2.41. The van der Waals surface area contributed by atoms with Crippen molar-refractivity contribution in [1.29, 1.82) is 0 Å². The molecule has 0 saturated carbocycles. The molecule has 2 aliphatic rings. The summed E-state index contributed by atoms with van der Waals surface area (Å²) in [6, 6.07) is 13.3. The van der Waals surface area contributed by atoms with Gasteiger partial charge in [0.15, 0.2) is 23.1 Å². The van der Waals surface area contributed by atoms with Crippen LogP contribution in [0.2, 0.25) is 0 Å². The molecule has 222 valence electrons. The fraction of sp³-hybridized carbons (Fsp3) is 0.212. The Morgan fingerprint density at radius 1 is 1.05 bits per heavy atom. The van der Waals surface area contributed by atoms with E-state index in [9.17, 15) is 29.4 Å². The summed E-state index contributed by atoms with van der Waals surface area (Å²) < 4.78 is 7.22. The number of ketones is 4. The molecular weight excluding hydrogens is 564 g/mol. The normalized spacial score (nSPS) is 18.4. The molecule has 1 aliphatic carbocycles. The first kappa shape index (κ1) is 28.5. The number of aromatic nitrogens is 3. The fourth-order valence-electron chi connectivity index (χ4n) is 5.77. The van der Waals surface area contributed by atoms with Crippen LogP contribution in [0.5, 0.6) is 17.2 Å². The third-order valence-corrected chi connectivity index (χ3v) is 8.26. The van der Waals surface area contributed by atoms with Crippen LogP contribution in [0, 0.1) is 6.92 Å². The number of aromatic hydroxyl groups is 2. The molecule has 1 aromatic heterocycles. The van der Waals surface area contributed by atoms with Crippen LogP contribution < -0.4 is 10.1 Å². The number of hydrogen-bond acceptors (Lipinski definition) is 10. The second kappa shape index (κ2) is 10.3. The van der Waals surface area contributed by atoms with Crippen LogP contribution in [0.15, 0.2) is 71.8 Å². The Balaban J connectivity index is 1.23. The molecule has 2 heterocycles. The van der Waals surface area contributed by atoms with E-state index >= 15 is 0 Å². The highest BCUT2D eigenvalue weighted by molar-refractivity contribution is 6.31. The molecule has 0 fully saturated rings. The lowest BCUT2D eigenvalue weighted by Gasteiger charge is -2.29. The topological polar surface area (TPSA) is 161 Å². The van der Waals surface area contributed by atoms with Gasteiger partial charge in [-0.2, -0.15) is 0 Å². The zero-order valence-electron chi connectivity index (χ0n) is 24.4. The number of benzene rings is 3. The Labute approximate surface area is 251 Å². The van der Waals surface area contributed by atoms with E-state index in [1.807, 2.05) is 36.4 Å². The van der Waals surface area contributed by atoms with Gasteiger partial charge in [-0.05, 0) is 44.5 Å². The van der Waals surface area contributed by atoms with Crippen molar-refractivity contribution < 1.29 is 34.1 Å². The number of rotatable bonds is 7. The Morgan fingerprint density at radius 3 is 2.50 bits per heavy atom. The fourth-order valence-corrected chi connectivity index (χ4v) is 5.77. The van der Waals surface area contributed by atoms with Crippen molar-refractivity contribution in [2.45, 2.75) is 46.2 Å². The Morgan fingerprint density at radius 2 is 1.77 bits per heavy atom. The summed E-state index contributed by atoms with van der Waals surface area (Å²) in [7, 11) is 0. The third-order valence-electron chi connectivity index (χ3n) is 8.26. The number of allylic oxidation sites excluding steroid dienone is 4. The molecule has 0 radical (unpaired) electrons. The number of carbonyl (C=O) groups excluding carboxylic acids is 4. The van der Waals surface area contributed by atoms with Crippen molar-refractivity contribution in [2.75, 3.05) is 0 Å². The molecule has 4 aromatic rings. The van der Waals surface area contributed by atoms with Gasteiger partial charge < -0.3 is 20.3 Å². The molecule has 0 spiro atoms. The van der Waals surface area contributed by atoms with E-state index in [4.69, 9.17) is 4.74 Å². The van der Waals surface area contributed by atoms with Crippen molar-refractivity contribution in [3.63, 3.8) is 0 Å². The maximum absolute atomic E-state index is 14.0. The number of hydrogen-bond donors (Lipinski definition) is 3. The van der Waals surface area contributed by atoms with Crippen molar-refractivity contribution in [3.05, 3.63) is 99.7 Å². The van der Waals surface area contributed by atoms with E-state index in [0.717, 1.165) is 16.8 Å². The number of nitrogens with one attached hydrogen (secondary N) is 1. The number of Topliss-reactive ketones (excluding diaryl/α,β-unsaturated/α-hetero) is 3. The number of phenols is 2. The van der Waals surface area contributed by atoms with E-state index in [2.05, 4.69) is 15.6 Å². The van der Waals surface area contributed by atoms with Crippen molar-refractivity contribution in [2.24, 2.45) is 0 Å². The van der Waals surface area contributed by atoms with Gasteiger partial charge in [0.05, 0.1) is 23.9 Å². The molecule has 0 amide bonds. The maximum Gasteiger partial charge on any atom is 0.194 e. The summed E-state index contributed by atoms with van der Waals surface area (Å²) >= 11 is 0. The van der Waals surface area contributed by atoms with Crippen LogP contribution in [-0.2, 0) is 28.1 Å². The molecule has 0 saturated heterocycles. The van der Waals surface area contributed by atoms with Crippen LogP contribution in [0.4, 0.5) is 0 Å². The van der Waals surface area contributed by atoms with Gasteiger partial charge in [0.25, 0.3) is 0 Å². The van der Waals surface area contributed by atoms with Crippen LogP contribution in [0.25, 0.3) is 10.8 Å². The number of fused-ring (bicyclic) bond motifs is 4. The molecule has 1 atom stereocenters. The van der Waals surface area contributed by atoms with Gasteiger partial charge in [-0.25, -0.2) is 4.68 Å². The van der Waals surface area contributed by atoms with Crippen molar-refractivity contribution in [1.82, 2.24) is 20.3 Å². The Bertz CT molecular complexity index is 2020. The first-order valence-corrected chi connectivity index (χ1v) is 13.9. The molecule has 11 heteroatoms. The predicted molar refractivity (Wildman–Crippen MR) is 158 cm³/mol. The van der Waals surface area contributed by atoms with Gasteiger partial charge in [-0.15, -0.1) is 5.10 Å². The molecule has 0 bridgehead atoms. The Hall–Kier alpha value is -5.58. The summed E-state index contributed by atoms with van der Waals surface area (Å²) in [6.45, 7) is 5.82. The molecule has 6 rings (SSSR count). The minimum absolute atomic E-state index is 0.0194. The van der Waals surface area contributed by atoms with Gasteiger partial charge in [-0.1, -0.05) is 41.6 Å². The summed E-state index contributed by atoms with van der Waals surface area (Å²) in [5.74, 6) is -2.93. The second-order valence-electron chi connectivity index (χ2n) is 11.1. The van der Waals surface area contributed by atoms with E-state index in [0.29, 0.717) is 11.3 Å². The summed E-state index contributed by atoms with van der Waals surface area (Å²) in [5.41, 5.74) is -0.610. The second-order valence-corrected chi connectivity index (χ2v) is 11.1. The highest BCUT2D eigenvalue weighted by Crippen LogP contribution is 2.57. The quantitative estimate of drug-likeness (QED) is 0.163. The summed E-state index contributed by atoms with van der Waals surface area (Å²) in [4.78, 5) is 52.4. The summed E-state index contributed by atoms with van der Waals surface area (Å²) in [5, 5.41) is 34.7.